The molecule has 2 aromatic carbocycles. The highest BCUT2D eigenvalue weighted by atomic mass is 16.6. The molecule has 10 heteroatoms. The third-order valence-electron chi connectivity index (χ3n) is 6.48. The first kappa shape index (κ1) is 26.5. The number of pyridine rings is 1. The third kappa shape index (κ3) is 6.84. The Morgan fingerprint density at radius 1 is 1.10 bits per heavy atom. The lowest BCUT2D eigenvalue weighted by atomic mass is 10.0. The van der Waals surface area contributed by atoms with Crippen molar-refractivity contribution >= 4 is 23.6 Å². The molecular formula is C29H33N5O5. The molecule has 0 bridgehead atoms. The van der Waals surface area contributed by atoms with Crippen LogP contribution in [0.2, 0.25) is 0 Å². The number of fused-ring (bicyclic) bond motifs is 1. The third-order valence-corrected chi connectivity index (χ3v) is 6.48. The fraction of sp³-hybridized carbons (Fsp3) is 0.345. The van der Waals surface area contributed by atoms with Crippen LogP contribution in [0.5, 0.6) is 11.5 Å². The number of nitrogens with zero attached hydrogens (tertiary/aromatic N) is 3. The SMILES string of the molecule is CN(C)CCOc1cccc(-c2cccc(CNCC[C@H]3CN(c4ccc5c(n4)NC(=O)CO5)C(=O)O3)c2)c1. The quantitative estimate of drug-likeness (QED) is 0.362. The van der Waals surface area contributed by atoms with Gasteiger partial charge in [0.1, 0.15) is 24.3 Å². The summed E-state index contributed by atoms with van der Waals surface area (Å²) in [5.74, 6) is 1.80. The van der Waals surface area contributed by atoms with Gasteiger partial charge in [-0.3, -0.25) is 9.69 Å². The minimum Gasteiger partial charge on any atom is -0.492 e. The summed E-state index contributed by atoms with van der Waals surface area (Å²) in [5.41, 5.74) is 3.41. The Labute approximate surface area is 227 Å². The number of hydrogen-bond donors (Lipinski definition) is 2. The van der Waals surface area contributed by atoms with Crippen LogP contribution in [0.15, 0.2) is 60.7 Å². The van der Waals surface area contributed by atoms with Gasteiger partial charge in [0.2, 0.25) is 0 Å². The van der Waals surface area contributed by atoms with Crippen LogP contribution in [0.3, 0.4) is 0 Å². The second-order valence-corrected chi connectivity index (χ2v) is 9.81. The molecule has 1 atom stereocenters. The molecule has 204 valence electrons. The average Bonchev–Trinajstić information content (AvgIpc) is 3.31. The van der Waals surface area contributed by atoms with Crippen LogP contribution in [-0.4, -0.2) is 74.9 Å². The summed E-state index contributed by atoms with van der Waals surface area (Å²) in [6, 6.07) is 20.0. The van der Waals surface area contributed by atoms with E-state index in [1.807, 2.05) is 26.2 Å². The van der Waals surface area contributed by atoms with Gasteiger partial charge in [0, 0.05) is 13.1 Å². The van der Waals surface area contributed by atoms with Gasteiger partial charge in [-0.25, -0.2) is 9.78 Å². The largest absolute Gasteiger partial charge is 0.492 e. The summed E-state index contributed by atoms with van der Waals surface area (Å²) < 4.78 is 16.8. The van der Waals surface area contributed by atoms with E-state index in [-0.39, 0.29) is 18.6 Å². The normalized spacial score (nSPS) is 16.5. The maximum atomic E-state index is 12.5. The number of anilines is 2. The molecule has 3 aromatic rings. The Morgan fingerprint density at radius 2 is 1.92 bits per heavy atom. The van der Waals surface area contributed by atoms with E-state index in [2.05, 4.69) is 56.9 Å². The number of benzene rings is 2. The van der Waals surface area contributed by atoms with Crippen molar-refractivity contribution in [2.24, 2.45) is 0 Å². The number of hydrogen-bond acceptors (Lipinski definition) is 8. The van der Waals surface area contributed by atoms with Gasteiger partial charge in [-0.1, -0.05) is 30.3 Å². The summed E-state index contributed by atoms with van der Waals surface area (Å²) in [4.78, 5) is 32.0. The monoisotopic (exact) mass is 531 g/mol. The minimum absolute atomic E-state index is 0.0431. The molecule has 3 heterocycles. The number of cyclic esters (lactones) is 1. The van der Waals surface area contributed by atoms with Crippen LogP contribution in [0.1, 0.15) is 12.0 Å². The molecule has 10 nitrogen and oxygen atoms in total. The Kier molecular flexibility index (Phi) is 8.24. The molecule has 0 radical (unpaired) electrons. The summed E-state index contributed by atoms with van der Waals surface area (Å²) in [6.07, 6.45) is -0.0367. The van der Waals surface area contributed by atoms with Gasteiger partial charge in [-0.05, 0) is 74.1 Å². The molecule has 2 amide bonds. The van der Waals surface area contributed by atoms with Crippen LogP contribution in [0.25, 0.3) is 11.1 Å². The van der Waals surface area contributed by atoms with Gasteiger partial charge in [0.15, 0.2) is 18.2 Å². The fourth-order valence-electron chi connectivity index (χ4n) is 4.43. The lowest BCUT2D eigenvalue weighted by molar-refractivity contribution is -0.118. The molecule has 39 heavy (non-hydrogen) atoms. The van der Waals surface area contributed by atoms with Crippen LogP contribution in [-0.2, 0) is 16.1 Å². The zero-order valence-electron chi connectivity index (χ0n) is 22.2. The van der Waals surface area contributed by atoms with Crippen molar-refractivity contribution in [3.8, 4) is 22.6 Å². The van der Waals surface area contributed by atoms with Crippen molar-refractivity contribution in [1.29, 1.82) is 0 Å². The van der Waals surface area contributed by atoms with E-state index in [9.17, 15) is 9.59 Å². The van der Waals surface area contributed by atoms with Gasteiger partial charge in [-0.2, -0.15) is 0 Å². The van der Waals surface area contributed by atoms with E-state index >= 15 is 0 Å². The number of nitrogens with one attached hydrogen (secondary N) is 2. The summed E-state index contributed by atoms with van der Waals surface area (Å²) >= 11 is 0. The summed E-state index contributed by atoms with van der Waals surface area (Å²) in [7, 11) is 4.06. The lowest BCUT2D eigenvalue weighted by Crippen LogP contribution is -2.29. The standard InChI is InChI=1S/C29H33N5O5/c1-33(2)13-14-37-23-8-4-7-22(16-23)21-6-3-5-20(15-21)17-30-12-11-24-18-34(29(36)39-24)26-10-9-25-28(31-26)32-27(35)19-38-25/h3-10,15-16,24,30H,11-14,17-19H2,1-2H3,(H,31,32,35)/t24-/m0/s1. The Balaban J connectivity index is 1.11. The number of carbonyl (C=O) groups is 2. The van der Waals surface area contributed by atoms with Crippen LogP contribution in [0, 0.1) is 0 Å². The van der Waals surface area contributed by atoms with E-state index in [1.165, 1.54) is 10.5 Å². The van der Waals surface area contributed by atoms with Crippen molar-refractivity contribution in [3.63, 3.8) is 0 Å². The van der Waals surface area contributed by atoms with Gasteiger partial charge in [0.25, 0.3) is 5.91 Å². The molecule has 0 spiro atoms. The number of aromatic nitrogens is 1. The van der Waals surface area contributed by atoms with E-state index in [0.717, 1.165) is 23.4 Å². The minimum atomic E-state index is -0.448. The summed E-state index contributed by atoms with van der Waals surface area (Å²) in [6.45, 7) is 3.24. The van der Waals surface area contributed by atoms with Crippen LogP contribution >= 0.6 is 0 Å². The first-order valence-corrected chi connectivity index (χ1v) is 13.0. The first-order chi connectivity index (χ1) is 18.9. The highest BCUT2D eigenvalue weighted by Gasteiger charge is 2.33. The highest BCUT2D eigenvalue weighted by molar-refractivity contribution is 5.95. The smallest absolute Gasteiger partial charge is 0.415 e. The maximum Gasteiger partial charge on any atom is 0.415 e. The van der Waals surface area contributed by atoms with E-state index < -0.39 is 6.09 Å². The second kappa shape index (κ2) is 12.1. The molecule has 0 unspecified atom stereocenters. The number of carbonyl (C=O) groups excluding carboxylic acids is 2. The van der Waals surface area contributed by atoms with Crippen LogP contribution < -0.4 is 25.0 Å². The molecule has 0 saturated carbocycles. The van der Waals surface area contributed by atoms with Gasteiger partial charge in [0.05, 0.1) is 6.54 Å². The van der Waals surface area contributed by atoms with Crippen molar-refractivity contribution in [3.05, 3.63) is 66.2 Å². The molecule has 2 aliphatic heterocycles. The molecule has 2 N–H and O–H groups in total. The molecule has 1 fully saturated rings. The van der Waals surface area contributed by atoms with Gasteiger partial charge >= 0.3 is 6.09 Å². The average molecular weight is 532 g/mol. The predicted octanol–water partition coefficient (Wildman–Crippen LogP) is 3.53. The number of amides is 2. The first-order valence-electron chi connectivity index (χ1n) is 13.0. The Bertz CT molecular complexity index is 1330. The Morgan fingerprint density at radius 3 is 2.77 bits per heavy atom. The molecule has 1 saturated heterocycles. The van der Waals surface area contributed by atoms with Crippen molar-refractivity contribution in [2.75, 3.05) is 57.2 Å². The number of rotatable bonds is 11. The number of likely N-dealkylation sites (N-methyl/N-ethyl adjacent to an activating group) is 1. The molecule has 2 aliphatic rings. The molecular weight excluding hydrogens is 498 g/mol. The zero-order chi connectivity index (χ0) is 27.2. The highest BCUT2D eigenvalue weighted by Crippen LogP contribution is 2.30. The second-order valence-electron chi connectivity index (χ2n) is 9.81. The molecule has 5 rings (SSSR count). The zero-order valence-corrected chi connectivity index (χ0v) is 22.2. The van der Waals surface area contributed by atoms with Crippen molar-refractivity contribution in [1.82, 2.24) is 15.2 Å². The van der Waals surface area contributed by atoms with Gasteiger partial charge in [-0.15, -0.1) is 0 Å². The fourth-order valence-corrected chi connectivity index (χ4v) is 4.43. The Hall–Kier alpha value is -4.15. The topological polar surface area (TPSA) is 105 Å². The summed E-state index contributed by atoms with van der Waals surface area (Å²) in [5, 5.41) is 6.12. The molecule has 1 aromatic heterocycles. The lowest BCUT2D eigenvalue weighted by Gasteiger charge is -2.19. The van der Waals surface area contributed by atoms with Gasteiger partial charge < -0.3 is 29.7 Å². The van der Waals surface area contributed by atoms with Crippen molar-refractivity contribution < 1.29 is 23.8 Å². The van der Waals surface area contributed by atoms with Crippen LogP contribution in [0.4, 0.5) is 16.4 Å². The maximum absolute atomic E-state index is 12.5. The number of ether oxygens (including phenoxy) is 3. The van der Waals surface area contributed by atoms with E-state index in [0.29, 0.717) is 50.0 Å². The predicted molar refractivity (Wildman–Crippen MR) is 148 cm³/mol. The molecule has 0 aliphatic carbocycles. The van der Waals surface area contributed by atoms with Crippen molar-refractivity contribution in [2.45, 2.75) is 19.1 Å². The van der Waals surface area contributed by atoms with E-state index in [1.54, 1.807) is 12.1 Å². The van der Waals surface area contributed by atoms with E-state index in [4.69, 9.17) is 14.2 Å².